The maximum absolute atomic E-state index is 11.0. The molecule has 1 amide bonds. The van der Waals surface area contributed by atoms with Gasteiger partial charge >= 0.3 is 5.97 Å². The number of aliphatic carboxylic acids is 1. The van der Waals surface area contributed by atoms with Crippen LogP contribution in [-0.4, -0.2) is 35.0 Å². The van der Waals surface area contributed by atoms with Gasteiger partial charge in [-0.05, 0) is 19.1 Å². The van der Waals surface area contributed by atoms with Crippen LogP contribution >= 0.6 is 0 Å². The number of carboxylic acids is 1. The van der Waals surface area contributed by atoms with Crippen LogP contribution in [0.1, 0.15) is 17.3 Å². The lowest BCUT2D eigenvalue weighted by Crippen LogP contribution is -2.36. The van der Waals surface area contributed by atoms with E-state index in [0.717, 1.165) is 6.07 Å². The van der Waals surface area contributed by atoms with E-state index in [0.29, 0.717) is 0 Å². The zero-order valence-electron chi connectivity index (χ0n) is 10.4. The van der Waals surface area contributed by atoms with E-state index >= 15 is 0 Å². The van der Waals surface area contributed by atoms with Crippen LogP contribution in [0.15, 0.2) is 18.2 Å². The molecule has 0 aliphatic heterocycles. The fraction of sp³-hybridized carbons (Fsp3) is 0.273. The Morgan fingerprint density at radius 3 is 2.47 bits per heavy atom. The molecule has 1 aromatic carbocycles. The summed E-state index contributed by atoms with van der Waals surface area (Å²) in [5.41, 5.74) is 4.77. The fourth-order valence-electron chi connectivity index (χ4n) is 1.50. The molecule has 1 unspecified atom stereocenters. The number of rotatable bonds is 5. The monoisotopic (exact) mass is 267 g/mol. The standard InChI is InChI=1S/C11H13N3O5/c1-6(11(16)17)13(2)8-4-3-7(10(12)15)5-9(8)14(18)19/h3-6H,1-2H3,(H2,12,15)(H,16,17). The van der Waals surface area contributed by atoms with E-state index in [4.69, 9.17) is 10.8 Å². The zero-order valence-corrected chi connectivity index (χ0v) is 10.4. The summed E-state index contributed by atoms with van der Waals surface area (Å²) in [5.74, 6) is -1.90. The summed E-state index contributed by atoms with van der Waals surface area (Å²) < 4.78 is 0. The lowest BCUT2D eigenvalue weighted by molar-refractivity contribution is -0.384. The first-order chi connectivity index (χ1) is 8.75. The van der Waals surface area contributed by atoms with Gasteiger partial charge in [0.05, 0.1) is 4.92 Å². The Morgan fingerprint density at radius 1 is 1.47 bits per heavy atom. The number of nitro benzene ring substituents is 1. The highest BCUT2D eigenvalue weighted by atomic mass is 16.6. The van der Waals surface area contributed by atoms with Crippen LogP contribution in [0.5, 0.6) is 0 Å². The number of hydrogen-bond acceptors (Lipinski definition) is 5. The lowest BCUT2D eigenvalue weighted by atomic mass is 10.1. The average molecular weight is 267 g/mol. The molecular formula is C11H13N3O5. The second kappa shape index (κ2) is 5.34. The van der Waals surface area contributed by atoms with Gasteiger partial charge in [-0.3, -0.25) is 14.9 Å². The normalized spacial score (nSPS) is 11.7. The molecule has 0 saturated heterocycles. The topological polar surface area (TPSA) is 127 Å². The molecule has 0 saturated carbocycles. The number of likely N-dealkylation sites (N-methyl/N-ethyl adjacent to an activating group) is 1. The molecule has 8 heteroatoms. The van der Waals surface area contributed by atoms with E-state index in [1.165, 1.54) is 31.0 Å². The van der Waals surface area contributed by atoms with Crippen molar-refractivity contribution >= 4 is 23.3 Å². The van der Waals surface area contributed by atoms with Gasteiger partial charge in [0.25, 0.3) is 5.69 Å². The Kier molecular flexibility index (Phi) is 4.05. The van der Waals surface area contributed by atoms with Crippen molar-refractivity contribution in [3.05, 3.63) is 33.9 Å². The number of hydrogen-bond donors (Lipinski definition) is 2. The van der Waals surface area contributed by atoms with Crippen LogP contribution < -0.4 is 10.6 Å². The molecule has 1 atom stereocenters. The van der Waals surface area contributed by atoms with Gasteiger partial charge in [-0.15, -0.1) is 0 Å². The molecular weight excluding hydrogens is 254 g/mol. The van der Waals surface area contributed by atoms with Gasteiger partial charge in [0.15, 0.2) is 0 Å². The number of anilines is 1. The molecule has 8 nitrogen and oxygen atoms in total. The Bertz CT molecular complexity index is 543. The summed E-state index contributed by atoms with van der Waals surface area (Å²) in [6.45, 7) is 1.40. The fourth-order valence-corrected chi connectivity index (χ4v) is 1.50. The third kappa shape index (κ3) is 2.97. The second-order valence-electron chi connectivity index (χ2n) is 3.95. The minimum absolute atomic E-state index is 0.00757. The van der Waals surface area contributed by atoms with Crippen molar-refractivity contribution in [3.8, 4) is 0 Å². The van der Waals surface area contributed by atoms with E-state index in [1.807, 2.05) is 0 Å². The van der Waals surface area contributed by atoms with Gasteiger partial charge < -0.3 is 15.7 Å². The first-order valence-electron chi connectivity index (χ1n) is 5.29. The van der Waals surface area contributed by atoms with Crippen molar-refractivity contribution in [2.75, 3.05) is 11.9 Å². The van der Waals surface area contributed by atoms with Crippen molar-refractivity contribution < 1.29 is 19.6 Å². The maximum atomic E-state index is 11.0. The number of carboxylic acid groups (broad SMARTS) is 1. The summed E-state index contributed by atoms with van der Waals surface area (Å²) in [7, 11) is 1.42. The van der Waals surface area contributed by atoms with Crippen LogP contribution in [0, 0.1) is 10.1 Å². The van der Waals surface area contributed by atoms with Crippen molar-refractivity contribution in [1.82, 2.24) is 0 Å². The first kappa shape index (κ1) is 14.4. The molecule has 0 fully saturated rings. The van der Waals surface area contributed by atoms with E-state index < -0.39 is 22.8 Å². The predicted molar refractivity (Wildman–Crippen MR) is 67.1 cm³/mol. The highest BCUT2D eigenvalue weighted by Crippen LogP contribution is 2.29. The second-order valence-corrected chi connectivity index (χ2v) is 3.95. The summed E-state index contributed by atoms with van der Waals surface area (Å²) >= 11 is 0. The predicted octanol–water partition coefficient (Wildman–Crippen LogP) is 0.603. The molecule has 0 spiro atoms. The molecule has 19 heavy (non-hydrogen) atoms. The first-order valence-corrected chi connectivity index (χ1v) is 5.29. The molecule has 0 aromatic heterocycles. The minimum atomic E-state index is -1.12. The third-order valence-corrected chi connectivity index (χ3v) is 2.77. The zero-order chi connectivity index (χ0) is 14.7. The number of carbonyl (C=O) groups excluding carboxylic acids is 1. The van der Waals surface area contributed by atoms with Crippen molar-refractivity contribution in [3.63, 3.8) is 0 Å². The number of primary amides is 1. The number of nitrogens with zero attached hydrogens (tertiary/aromatic N) is 2. The molecule has 102 valence electrons. The molecule has 1 aromatic rings. The van der Waals surface area contributed by atoms with Crippen LogP contribution in [0.4, 0.5) is 11.4 Å². The van der Waals surface area contributed by atoms with Gasteiger partial charge in [-0.1, -0.05) is 0 Å². The maximum Gasteiger partial charge on any atom is 0.326 e. The molecule has 0 radical (unpaired) electrons. The molecule has 0 heterocycles. The average Bonchev–Trinajstić information content (AvgIpc) is 2.35. The molecule has 0 aliphatic carbocycles. The largest absolute Gasteiger partial charge is 0.480 e. The summed E-state index contributed by atoms with van der Waals surface area (Å²) in [4.78, 5) is 33.4. The van der Waals surface area contributed by atoms with Crippen LogP contribution in [-0.2, 0) is 4.79 Å². The van der Waals surface area contributed by atoms with Gasteiger partial charge in [-0.2, -0.15) is 0 Å². The highest BCUT2D eigenvalue weighted by Gasteiger charge is 2.25. The summed E-state index contributed by atoms with van der Waals surface area (Å²) in [6, 6.07) is 2.70. The van der Waals surface area contributed by atoms with Crippen LogP contribution in [0.25, 0.3) is 0 Å². The van der Waals surface area contributed by atoms with Gasteiger partial charge in [0, 0.05) is 18.7 Å². The third-order valence-electron chi connectivity index (χ3n) is 2.77. The quantitative estimate of drug-likeness (QED) is 0.594. The summed E-state index contributed by atoms with van der Waals surface area (Å²) in [6.07, 6.45) is 0. The molecule has 3 N–H and O–H groups in total. The number of nitrogens with two attached hydrogens (primary N) is 1. The van der Waals surface area contributed by atoms with E-state index in [2.05, 4.69) is 0 Å². The minimum Gasteiger partial charge on any atom is -0.480 e. The van der Waals surface area contributed by atoms with Gasteiger partial charge in [0.1, 0.15) is 11.7 Å². The number of benzene rings is 1. The Hall–Kier alpha value is -2.64. The van der Waals surface area contributed by atoms with Crippen molar-refractivity contribution in [2.45, 2.75) is 13.0 Å². The van der Waals surface area contributed by atoms with Gasteiger partial charge in [0.2, 0.25) is 5.91 Å². The SMILES string of the molecule is CC(C(=O)O)N(C)c1ccc(C(N)=O)cc1[N+](=O)[O-]. The van der Waals surface area contributed by atoms with E-state index in [-0.39, 0.29) is 16.9 Å². The number of nitro groups is 1. The van der Waals surface area contributed by atoms with Gasteiger partial charge in [-0.25, -0.2) is 4.79 Å². The van der Waals surface area contributed by atoms with Crippen molar-refractivity contribution in [1.29, 1.82) is 0 Å². The van der Waals surface area contributed by atoms with Crippen molar-refractivity contribution in [2.24, 2.45) is 5.73 Å². The Balaban J connectivity index is 3.31. The van der Waals surface area contributed by atoms with E-state index in [1.54, 1.807) is 0 Å². The van der Waals surface area contributed by atoms with E-state index in [9.17, 15) is 19.7 Å². The Morgan fingerprint density at radius 2 is 2.05 bits per heavy atom. The van der Waals surface area contributed by atoms with Crippen LogP contribution in [0.3, 0.4) is 0 Å². The lowest BCUT2D eigenvalue weighted by Gasteiger charge is -2.23. The van der Waals surface area contributed by atoms with Crippen LogP contribution in [0.2, 0.25) is 0 Å². The smallest absolute Gasteiger partial charge is 0.326 e. The molecule has 0 bridgehead atoms. The Labute approximate surface area is 108 Å². The summed E-state index contributed by atoms with van der Waals surface area (Å²) in [5, 5.41) is 19.9. The number of amides is 1. The number of carbonyl (C=O) groups is 2. The molecule has 0 aliphatic rings. The molecule has 1 rings (SSSR count). The highest BCUT2D eigenvalue weighted by molar-refractivity contribution is 5.94.